The van der Waals surface area contributed by atoms with Crippen LogP contribution >= 0.6 is 0 Å². The fourth-order valence-electron chi connectivity index (χ4n) is 4.97. The van der Waals surface area contributed by atoms with Crippen molar-refractivity contribution < 1.29 is 9.32 Å². The molecule has 2 fully saturated rings. The second-order valence-corrected chi connectivity index (χ2v) is 8.77. The number of fused-ring (bicyclic) bond motifs is 1. The van der Waals surface area contributed by atoms with Crippen LogP contribution in [0.2, 0.25) is 0 Å². The van der Waals surface area contributed by atoms with Gasteiger partial charge in [0, 0.05) is 25.0 Å². The molecule has 0 saturated carbocycles. The predicted octanol–water partition coefficient (Wildman–Crippen LogP) is 3.84. The van der Waals surface area contributed by atoms with Gasteiger partial charge < -0.3 is 9.42 Å². The molecule has 29 heavy (non-hydrogen) atoms. The molecule has 0 N–H and O–H groups in total. The van der Waals surface area contributed by atoms with Crippen molar-refractivity contribution in [3.63, 3.8) is 0 Å². The molecule has 1 aromatic heterocycles. The Kier molecular flexibility index (Phi) is 5.99. The molecule has 3 heterocycles. The van der Waals surface area contributed by atoms with Gasteiger partial charge in [-0.15, -0.1) is 0 Å². The number of rotatable bonds is 7. The molecule has 6 nitrogen and oxygen atoms in total. The summed E-state index contributed by atoms with van der Waals surface area (Å²) < 4.78 is 5.36. The second-order valence-electron chi connectivity index (χ2n) is 8.77. The second kappa shape index (κ2) is 8.66. The highest BCUT2D eigenvalue weighted by Crippen LogP contribution is 2.45. The lowest BCUT2D eigenvalue weighted by molar-refractivity contribution is -0.136. The van der Waals surface area contributed by atoms with E-state index in [0.717, 1.165) is 25.8 Å². The first-order valence-electron chi connectivity index (χ1n) is 11.0. The number of carbonyl (C=O) groups is 1. The van der Waals surface area contributed by atoms with Gasteiger partial charge in [0.1, 0.15) is 0 Å². The van der Waals surface area contributed by atoms with Crippen LogP contribution in [0.4, 0.5) is 0 Å². The molecule has 1 amide bonds. The number of carbonyl (C=O) groups excluding carboxylic acids is 1. The Labute approximate surface area is 173 Å². The van der Waals surface area contributed by atoms with Crippen molar-refractivity contribution in [2.75, 3.05) is 13.1 Å². The van der Waals surface area contributed by atoms with Crippen molar-refractivity contribution in [2.45, 2.75) is 65.1 Å². The molecular weight excluding hydrogens is 364 g/mol. The standard InChI is InChI=1S/C23H32N4O2/c1-4-26(15-21-24-22(29-25-21)13-16(2)3)23(28)18-14-20(17-9-6-5-7-10-17)27-12-8-11-19(18)27/h5-7,9-10,16,18-20H,4,8,11-15H2,1-3H3/t18-,19+,20-/m0/s1. The third-order valence-corrected chi connectivity index (χ3v) is 6.30. The van der Waals surface area contributed by atoms with E-state index < -0.39 is 0 Å². The van der Waals surface area contributed by atoms with Crippen molar-refractivity contribution in [1.29, 1.82) is 0 Å². The molecule has 6 heteroatoms. The first-order chi connectivity index (χ1) is 14.1. The van der Waals surface area contributed by atoms with Gasteiger partial charge in [0.05, 0.1) is 12.5 Å². The number of aromatic nitrogens is 2. The summed E-state index contributed by atoms with van der Waals surface area (Å²) in [6, 6.07) is 11.3. The Balaban J connectivity index is 1.47. The van der Waals surface area contributed by atoms with Gasteiger partial charge >= 0.3 is 0 Å². The molecule has 2 saturated heterocycles. The average molecular weight is 397 g/mol. The maximum absolute atomic E-state index is 13.5. The fourth-order valence-corrected chi connectivity index (χ4v) is 4.97. The highest BCUT2D eigenvalue weighted by molar-refractivity contribution is 5.80. The summed E-state index contributed by atoms with van der Waals surface area (Å²) >= 11 is 0. The van der Waals surface area contributed by atoms with Gasteiger partial charge in [-0.1, -0.05) is 49.3 Å². The Morgan fingerprint density at radius 1 is 1.31 bits per heavy atom. The zero-order chi connectivity index (χ0) is 20.4. The van der Waals surface area contributed by atoms with E-state index in [1.807, 2.05) is 11.8 Å². The van der Waals surface area contributed by atoms with Crippen LogP contribution in [0.5, 0.6) is 0 Å². The molecule has 0 unspecified atom stereocenters. The summed E-state index contributed by atoms with van der Waals surface area (Å²) in [4.78, 5) is 22.4. The SMILES string of the molecule is CCN(Cc1noc(CC(C)C)n1)C(=O)[C@H]1C[C@@H](c2ccccc2)N2CCC[C@H]12. The van der Waals surface area contributed by atoms with E-state index in [0.29, 0.717) is 42.8 Å². The smallest absolute Gasteiger partial charge is 0.227 e. The molecule has 156 valence electrons. The Bertz CT molecular complexity index is 819. The maximum Gasteiger partial charge on any atom is 0.227 e. The van der Waals surface area contributed by atoms with E-state index in [1.54, 1.807) is 0 Å². The van der Waals surface area contributed by atoms with Gasteiger partial charge in [0.15, 0.2) is 5.82 Å². The van der Waals surface area contributed by atoms with Crippen molar-refractivity contribution in [2.24, 2.45) is 11.8 Å². The summed E-state index contributed by atoms with van der Waals surface area (Å²) in [5.41, 5.74) is 1.33. The van der Waals surface area contributed by atoms with Crippen molar-refractivity contribution in [3.05, 3.63) is 47.6 Å². The van der Waals surface area contributed by atoms with Crippen molar-refractivity contribution >= 4 is 5.91 Å². The Morgan fingerprint density at radius 3 is 2.83 bits per heavy atom. The van der Waals surface area contributed by atoms with Crippen LogP contribution < -0.4 is 0 Å². The molecule has 0 radical (unpaired) electrons. The lowest BCUT2D eigenvalue weighted by atomic mass is 9.93. The molecule has 0 bridgehead atoms. The molecule has 0 spiro atoms. The number of nitrogens with zero attached hydrogens (tertiary/aromatic N) is 4. The minimum Gasteiger partial charge on any atom is -0.339 e. The maximum atomic E-state index is 13.5. The number of hydrogen-bond donors (Lipinski definition) is 0. The van der Waals surface area contributed by atoms with Gasteiger partial charge in [-0.3, -0.25) is 9.69 Å². The molecule has 1 aromatic carbocycles. The van der Waals surface area contributed by atoms with E-state index in [-0.39, 0.29) is 11.8 Å². The summed E-state index contributed by atoms with van der Waals surface area (Å²) in [6.45, 7) is 8.46. The Morgan fingerprint density at radius 2 is 2.10 bits per heavy atom. The van der Waals surface area contributed by atoms with E-state index in [9.17, 15) is 4.79 Å². The lowest BCUT2D eigenvalue weighted by Crippen LogP contribution is -2.40. The van der Waals surface area contributed by atoms with Crippen LogP contribution in [-0.4, -0.2) is 45.0 Å². The van der Waals surface area contributed by atoms with E-state index in [1.165, 1.54) is 12.0 Å². The average Bonchev–Trinajstić information content (AvgIpc) is 3.42. The van der Waals surface area contributed by atoms with E-state index in [2.05, 4.69) is 59.2 Å². The highest BCUT2D eigenvalue weighted by Gasteiger charge is 2.48. The Hall–Kier alpha value is -2.21. The minimum absolute atomic E-state index is 0.0460. The van der Waals surface area contributed by atoms with E-state index in [4.69, 9.17) is 4.52 Å². The van der Waals surface area contributed by atoms with Crippen LogP contribution in [0.25, 0.3) is 0 Å². The van der Waals surface area contributed by atoms with Crippen LogP contribution in [0.3, 0.4) is 0 Å². The van der Waals surface area contributed by atoms with Gasteiger partial charge in [-0.25, -0.2) is 0 Å². The first-order valence-corrected chi connectivity index (χ1v) is 11.0. The van der Waals surface area contributed by atoms with Crippen LogP contribution in [-0.2, 0) is 17.8 Å². The van der Waals surface area contributed by atoms with Gasteiger partial charge in [0.2, 0.25) is 11.8 Å². The number of benzene rings is 1. The van der Waals surface area contributed by atoms with Crippen LogP contribution in [0.15, 0.2) is 34.9 Å². The van der Waals surface area contributed by atoms with Crippen molar-refractivity contribution in [3.8, 4) is 0 Å². The summed E-state index contributed by atoms with van der Waals surface area (Å²) in [6.07, 6.45) is 3.95. The molecule has 4 rings (SSSR count). The first kappa shape index (κ1) is 20.1. The monoisotopic (exact) mass is 396 g/mol. The molecule has 2 aliphatic rings. The lowest BCUT2D eigenvalue weighted by Gasteiger charge is -2.27. The predicted molar refractivity (Wildman–Crippen MR) is 111 cm³/mol. The molecule has 3 atom stereocenters. The topological polar surface area (TPSA) is 62.5 Å². The third-order valence-electron chi connectivity index (χ3n) is 6.30. The summed E-state index contributed by atoms with van der Waals surface area (Å²) in [5.74, 6) is 2.01. The largest absolute Gasteiger partial charge is 0.339 e. The van der Waals surface area contributed by atoms with Gasteiger partial charge in [-0.05, 0) is 44.2 Å². The quantitative estimate of drug-likeness (QED) is 0.711. The molecule has 2 aliphatic heterocycles. The zero-order valence-corrected chi connectivity index (χ0v) is 17.8. The minimum atomic E-state index is 0.0460. The fraction of sp³-hybridized carbons (Fsp3) is 0.609. The normalized spacial score (nSPS) is 24.2. The third kappa shape index (κ3) is 4.22. The summed E-state index contributed by atoms with van der Waals surface area (Å²) in [5, 5.41) is 4.10. The highest BCUT2D eigenvalue weighted by atomic mass is 16.5. The molecule has 0 aliphatic carbocycles. The summed E-state index contributed by atoms with van der Waals surface area (Å²) in [7, 11) is 0. The molecule has 2 aromatic rings. The van der Waals surface area contributed by atoms with Crippen LogP contribution in [0.1, 0.15) is 63.4 Å². The zero-order valence-electron chi connectivity index (χ0n) is 17.8. The van der Waals surface area contributed by atoms with E-state index >= 15 is 0 Å². The van der Waals surface area contributed by atoms with Gasteiger partial charge in [-0.2, -0.15) is 4.98 Å². The number of amides is 1. The van der Waals surface area contributed by atoms with Crippen molar-refractivity contribution in [1.82, 2.24) is 19.9 Å². The number of hydrogen-bond acceptors (Lipinski definition) is 5. The van der Waals surface area contributed by atoms with Crippen LogP contribution in [0, 0.1) is 11.8 Å². The van der Waals surface area contributed by atoms with Gasteiger partial charge in [0.25, 0.3) is 0 Å². The molecular formula is C23H32N4O2.